The van der Waals surface area contributed by atoms with Crippen LogP contribution in [0, 0.1) is 0 Å². The molecule has 1 rings (SSSR count). The monoisotopic (exact) mass is 210 g/mol. The molecule has 2 nitrogen and oxygen atoms in total. The summed E-state index contributed by atoms with van der Waals surface area (Å²) in [5, 5.41) is 8.94. The highest BCUT2D eigenvalue weighted by molar-refractivity contribution is 7.80. The summed E-state index contributed by atoms with van der Waals surface area (Å²) >= 11 is 3.79. The summed E-state index contributed by atoms with van der Waals surface area (Å²) in [6, 6.07) is 3.40. The number of benzene rings is 1. The Kier molecular flexibility index (Phi) is 2.60. The van der Waals surface area contributed by atoms with Crippen molar-refractivity contribution in [2.24, 2.45) is 0 Å². The van der Waals surface area contributed by atoms with Crippen LogP contribution in [0.15, 0.2) is 23.1 Å². The zero-order valence-corrected chi connectivity index (χ0v) is 7.06. The highest BCUT2D eigenvalue weighted by Gasteiger charge is 2.32. The van der Waals surface area contributed by atoms with Gasteiger partial charge in [0.25, 0.3) is 0 Å². The number of aromatic hydroxyl groups is 1. The Morgan fingerprint density at radius 3 is 2.46 bits per heavy atom. The number of phenolic OH excluding ortho intramolecular Hbond substituents is 1. The molecule has 1 N–H and O–H groups in total. The number of thiol groups is 1. The van der Waals surface area contributed by atoms with Crippen molar-refractivity contribution in [2.75, 3.05) is 0 Å². The number of alkyl halides is 3. The van der Waals surface area contributed by atoms with Gasteiger partial charge in [-0.3, -0.25) is 0 Å². The summed E-state index contributed by atoms with van der Waals surface area (Å²) in [4.78, 5) is 0.275. The second-order valence-electron chi connectivity index (χ2n) is 2.20. The summed E-state index contributed by atoms with van der Waals surface area (Å²) in [6.07, 6.45) is -4.81. The Morgan fingerprint density at radius 2 is 1.92 bits per heavy atom. The van der Waals surface area contributed by atoms with Gasteiger partial charge >= 0.3 is 6.36 Å². The van der Waals surface area contributed by atoms with Gasteiger partial charge in [0.15, 0.2) is 11.5 Å². The Bertz CT molecular complexity index is 311. The quantitative estimate of drug-likeness (QED) is 0.697. The van der Waals surface area contributed by atoms with Gasteiger partial charge in [0.2, 0.25) is 0 Å². The first-order valence-electron chi connectivity index (χ1n) is 3.16. The lowest BCUT2D eigenvalue weighted by atomic mass is 10.3. The Labute approximate surface area is 77.4 Å². The lowest BCUT2D eigenvalue weighted by Crippen LogP contribution is -2.17. The molecule has 0 aliphatic carbocycles. The lowest BCUT2D eigenvalue weighted by molar-refractivity contribution is -0.275. The number of phenols is 1. The van der Waals surface area contributed by atoms with Gasteiger partial charge in [-0.25, -0.2) is 0 Å². The van der Waals surface area contributed by atoms with E-state index in [1.165, 1.54) is 6.07 Å². The van der Waals surface area contributed by atoms with Crippen LogP contribution in [-0.2, 0) is 0 Å². The first-order chi connectivity index (χ1) is 5.88. The molecule has 0 fully saturated rings. The van der Waals surface area contributed by atoms with Gasteiger partial charge in [-0.2, -0.15) is 0 Å². The van der Waals surface area contributed by atoms with Gasteiger partial charge in [0.05, 0.1) is 0 Å². The van der Waals surface area contributed by atoms with Gasteiger partial charge in [-0.15, -0.1) is 25.8 Å². The summed E-state index contributed by atoms with van der Waals surface area (Å²) < 4.78 is 38.6. The Morgan fingerprint density at radius 1 is 1.31 bits per heavy atom. The molecule has 13 heavy (non-hydrogen) atoms. The lowest BCUT2D eigenvalue weighted by Gasteiger charge is -2.10. The molecule has 0 amide bonds. The van der Waals surface area contributed by atoms with Crippen LogP contribution >= 0.6 is 12.6 Å². The minimum Gasteiger partial charge on any atom is -0.504 e. The topological polar surface area (TPSA) is 29.5 Å². The van der Waals surface area contributed by atoms with Crippen LogP contribution in [0.25, 0.3) is 0 Å². The van der Waals surface area contributed by atoms with E-state index in [2.05, 4.69) is 17.4 Å². The average Bonchev–Trinajstić information content (AvgIpc) is 1.94. The Balaban J connectivity index is 2.94. The third-order valence-corrected chi connectivity index (χ3v) is 1.45. The summed E-state index contributed by atoms with van der Waals surface area (Å²) in [6.45, 7) is 0. The van der Waals surface area contributed by atoms with E-state index in [0.29, 0.717) is 0 Å². The standard InChI is InChI=1S/C7H5F3O2S/c8-7(9,10)12-6-3-4(13)1-2-5(6)11/h1-3,11,13H. The van der Waals surface area contributed by atoms with Crippen molar-refractivity contribution in [2.45, 2.75) is 11.3 Å². The number of halogens is 3. The molecule has 0 aliphatic rings. The van der Waals surface area contributed by atoms with E-state index < -0.39 is 17.9 Å². The summed E-state index contributed by atoms with van der Waals surface area (Å²) in [7, 11) is 0. The van der Waals surface area contributed by atoms with Crippen molar-refractivity contribution in [3.05, 3.63) is 18.2 Å². The van der Waals surface area contributed by atoms with E-state index in [1.807, 2.05) is 0 Å². The minimum atomic E-state index is -4.81. The van der Waals surface area contributed by atoms with E-state index in [1.54, 1.807) is 0 Å². The molecule has 0 unspecified atom stereocenters. The maximum Gasteiger partial charge on any atom is 0.573 e. The molecule has 0 radical (unpaired) electrons. The van der Waals surface area contributed by atoms with Crippen molar-refractivity contribution in [3.63, 3.8) is 0 Å². The van der Waals surface area contributed by atoms with Crippen molar-refractivity contribution in [3.8, 4) is 11.5 Å². The molecule has 0 saturated heterocycles. The average molecular weight is 210 g/mol. The van der Waals surface area contributed by atoms with Crippen LogP contribution in [0.3, 0.4) is 0 Å². The van der Waals surface area contributed by atoms with E-state index in [4.69, 9.17) is 5.11 Å². The Hall–Kier alpha value is -1.04. The SMILES string of the molecule is Oc1ccc(S)cc1OC(F)(F)F. The second-order valence-corrected chi connectivity index (χ2v) is 2.72. The predicted octanol–water partition coefficient (Wildman–Crippen LogP) is 2.58. The molecule has 1 aromatic carbocycles. The highest BCUT2D eigenvalue weighted by atomic mass is 32.1. The van der Waals surface area contributed by atoms with Crippen molar-refractivity contribution in [1.82, 2.24) is 0 Å². The fourth-order valence-corrected chi connectivity index (χ4v) is 0.901. The molecule has 6 heteroatoms. The maximum atomic E-state index is 11.7. The molecule has 0 spiro atoms. The zero-order chi connectivity index (χ0) is 10.1. The van der Waals surface area contributed by atoms with Gasteiger partial charge < -0.3 is 9.84 Å². The molecule has 0 atom stereocenters. The van der Waals surface area contributed by atoms with E-state index >= 15 is 0 Å². The predicted molar refractivity (Wildman–Crippen MR) is 42.0 cm³/mol. The van der Waals surface area contributed by atoms with Crippen LogP contribution in [0.1, 0.15) is 0 Å². The van der Waals surface area contributed by atoms with Gasteiger partial charge in [0.1, 0.15) is 0 Å². The molecular formula is C7H5F3O2S. The summed E-state index contributed by atoms with van der Waals surface area (Å²) in [5.74, 6) is -1.23. The largest absolute Gasteiger partial charge is 0.573 e. The van der Waals surface area contributed by atoms with Crippen molar-refractivity contribution < 1.29 is 23.0 Å². The molecule has 72 valence electrons. The molecule has 0 bridgehead atoms. The highest BCUT2D eigenvalue weighted by Crippen LogP contribution is 2.32. The van der Waals surface area contributed by atoms with Crippen molar-refractivity contribution in [1.29, 1.82) is 0 Å². The summed E-state index contributed by atoms with van der Waals surface area (Å²) in [5.41, 5.74) is 0. The third kappa shape index (κ3) is 3.06. The first kappa shape index (κ1) is 10.0. The number of rotatable bonds is 1. The smallest absolute Gasteiger partial charge is 0.504 e. The number of hydrogen-bond acceptors (Lipinski definition) is 3. The van der Waals surface area contributed by atoms with Crippen LogP contribution in [-0.4, -0.2) is 11.5 Å². The minimum absolute atomic E-state index is 0.275. The van der Waals surface area contributed by atoms with Crippen LogP contribution in [0.2, 0.25) is 0 Å². The normalized spacial score (nSPS) is 11.4. The fraction of sp³-hybridized carbons (Fsp3) is 0.143. The van der Waals surface area contributed by atoms with E-state index in [9.17, 15) is 13.2 Å². The van der Waals surface area contributed by atoms with Gasteiger partial charge in [-0.1, -0.05) is 0 Å². The van der Waals surface area contributed by atoms with Crippen LogP contribution in [0.5, 0.6) is 11.5 Å². The zero-order valence-electron chi connectivity index (χ0n) is 6.17. The van der Waals surface area contributed by atoms with Gasteiger partial charge in [0, 0.05) is 4.90 Å². The molecular weight excluding hydrogens is 205 g/mol. The van der Waals surface area contributed by atoms with Crippen molar-refractivity contribution >= 4 is 12.6 Å². The molecule has 0 aromatic heterocycles. The molecule has 0 heterocycles. The van der Waals surface area contributed by atoms with Crippen LogP contribution < -0.4 is 4.74 Å². The van der Waals surface area contributed by atoms with Crippen LogP contribution in [0.4, 0.5) is 13.2 Å². The third-order valence-electron chi connectivity index (χ3n) is 1.17. The van der Waals surface area contributed by atoms with Gasteiger partial charge in [-0.05, 0) is 18.2 Å². The maximum absolute atomic E-state index is 11.7. The fourth-order valence-electron chi connectivity index (χ4n) is 0.709. The first-order valence-corrected chi connectivity index (χ1v) is 3.61. The number of hydrogen-bond donors (Lipinski definition) is 2. The van der Waals surface area contributed by atoms with E-state index in [-0.39, 0.29) is 4.90 Å². The molecule has 0 aliphatic heterocycles. The molecule has 1 aromatic rings. The second kappa shape index (κ2) is 3.37. The van der Waals surface area contributed by atoms with E-state index in [0.717, 1.165) is 12.1 Å². The number of ether oxygens (including phenoxy) is 1. The molecule has 0 saturated carbocycles.